The van der Waals surface area contributed by atoms with Gasteiger partial charge in [-0.1, -0.05) is 0 Å². The second-order valence-corrected chi connectivity index (χ2v) is 5.00. The first kappa shape index (κ1) is 12.4. The van der Waals surface area contributed by atoms with Crippen LogP contribution in [0.5, 0.6) is 0 Å². The van der Waals surface area contributed by atoms with E-state index in [0.717, 1.165) is 43.6 Å². The topological polar surface area (TPSA) is 31.2 Å². The van der Waals surface area contributed by atoms with E-state index < -0.39 is 0 Å². The predicted molar refractivity (Wildman–Crippen MR) is 67.5 cm³/mol. The molecule has 0 amide bonds. The molecule has 0 bridgehead atoms. The Morgan fingerprint density at radius 1 is 1.41 bits per heavy atom. The van der Waals surface area contributed by atoms with Crippen LogP contribution >= 0.6 is 0 Å². The van der Waals surface area contributed by atoms with Crippen molar-refractivity contribution in [2.75, 3.05) is 13.2 Å². The molecule has 1 unspecified atom stereocenters. The summed E-state index contributed by atoms with van der Waals surface area (Å²) in [5.74, 6) is 0.660. The molecule has 1 aromatic rings. The predicted octanol–water partition coefficient (Wildman–Crippen LogP) is 2.91. The van der Waals surface area contributed by atoms with E-state index in [0.29, 0.717) is 12.0 Å². The molecule has 1 saturated heterocycles. The number of aldehydes is 1. The fourth-order valence-electron chi connectivity index (χ4n) is 2.96. The number of rotatable bonds is 3. The minimum Gasteiger partial charge on any atom is -0.381 e. The molecule has 2 rings (SSSR count). The van der Waals surface area contributed by atoms with Gasteiger partial charge >= 0.3 is 0 Å². The van der Waals surface area contributed by atoms with Crippen molar-refractivity contribution in [3.63, 3.8) is 0 Å². The van der Waals surface area contributed by atoms with E-state index in [1.165, 1.54) is 5.69 Å². The van der Waals surface area contributed by atoms with Gasteiger partial charge in [-0.2, -0.15) is 0 Å². The zero-order valence-electron chi connectivity index (χ0n) is 10.9. The minimum atomic E-state index is 0.451. The average molecular weight is 235 g/mol. The van der Waals surface area contributed by atoms with Gasteiger partial charge in [0, 0.05) is 36.2 Å². The molecule has 0 radical (unpaired) electrons. The first-order valence-electron chi connectivity index (χ1n) is 6.36. The van der Waals surface area contributed by atoms with Crippen LogP contribution in [0.4, 0.5) is 0 Å². The maximum atomic E-state index is 11.0. The van der Waals surface area contributed by atoms with Gasteiger partial charge in [0.15, 0.2) is 6.29 Å². The SMILES string of the molecule is Cc1cc(C=O)c(C)n1C(C)C1CCOCC1. The van der Waals surface area contributed by atoms with Crippen molar-refractivity contribution in [3.05, 3.63) is 23.0 Å². The van der Waals surface area contributed by atoms with Gasteiger partial charge in [-0.05, 0) is 45.6 Å². The van der Waals surface area contributed by atoms with Crippen LogP contribution in [0.1, 0.15) is 47.6 Å². The highest BCUT2D eigenvalue weighted by molar-refractivity contribution is 5.77. The molecule has 0 saturated carbocycles. The van der Waals surface area contributed by atoms with E-state index in [1.54, 1.807) is 0 Å². The van der Waals surface area contributed by atoms with Gasteiger partial charge in [-0.25, -0.2) is 0 Å². The van der Waals surface area contributed by atoms with Gasteiger partial charge < -0.3 is 9.30 Å². The maximum Gasteiger partial charge on any atom is 0.151 e. The summed E-state index contributed by atoms with van der Waals surface area (Å²) in [6.45, 7) is 8.11. The standard InChI is InChI=1S/C14H21NO2/c1-10-8-14(9-16)12(3)15(10)11(2)13-4-6-17-7-5-13/h8-9,11,13H,4-7H2,1-3H3. The van der Waals surface area contributed by atoms with Crippen molar-refractivity contribution in [1.82, 2.24) is 4.57 Å². The lowest BCUT2D eigenvalue weighted by Crippen LogP contribution is -2.25. The Kier molecular flexibility index (Phi) is 3.67. The molecule has 0 aliphatic carbocycles. The highest BCUT2D eigenvalue weighted by Gasteiger charge is 2.24. The largest absolute Gasteiger partial charge is 0.381 e. The van der Waals surface area contributed by atoms with Crippen LogP contribution < -0.4 is 0 Å². The molecule has 17 heavy (non-hydrogen) atoms. The number of hydrogen-bond donors (Lipinski definition) is 0. The third kappa shape index (κ3) is 2.29. The summed E-state index contributed by atoms with van der Waals surface area (Å²) in [6, 6.07) is 2.44. The van der Waals surface area contributed by atoms with Gasteiger partial charge in [-0.15, -0.1) is 0 Å². The Hall–Kier alpha value is -1.09. The summed E-state index contributed by atoms with van der Waals surface area (Å²) in [6.07, 6.45) is 3.19. The van der Waals surface area contributed by atoms with E-state index in [1.807, 2.05) is 13.0 Å². The van der Waals surface area contributed by atoms with Crippen LogP contribution in [0.3, 0.4) is 0 Å². The van der Waals surface area contributed by atoms with E-state index in [-0.39, 0.29) is 0 Å². The second kappa shape index (κ2) is 5.05. The van der Waals surface area contributed by atoms with E-state index >= 15 is 0 Å². The van der Waals surface area contributed by atoms with E-state index in [4.69, 9.17) is 4.74 Å². The molecule has 0 N–H and O–H groups in total. The molecule has 3 heteroatoms. The molecule has 1 aliphatic rings. The molecule has 1 aliphatic heterocycles. The summed E-state index contributed by atoms with van der Waals surface area (Å²) < 4.78 is 7.71. The van der Waals surface area contributed by atoms with E-state index in [2.05, 4.69) is 18.4 Å². The fraction of sp³-hybridized carbons (Fsp3) is 0.643. The molecule has 1 fully saturated rings. The van der Waals surface area contributed by atoms with Gasteiger partial charge in [0.25, 0.3) is 0 Å². The minimum absolute atomic E-state index is 0.451. The Morgan fingerprint density at radius 3 is 2.59 bits per heavy atom. The Morgan fingerprint density at radius 2 is 2.06 bits per heavy atom. The Labute approximate surface area is 103 Å². The highest BCUT2D eigenvalue weighted by Crippen LogP contribution is 2.30. The third-order valence-corrected chi connectivity index (χ3v) is 4.01. The average Bonchev–Trinajstić information content (AvgIpc) is 2.64. The van der Waals surface area contributed by atoms with Crippen LogP contribution in [0.2, 0.25) is 0 Å². The molecule has 94 valence electrons. The van der Waals surface area contributed by atoms with Crippen LogP contribution in [0.25, 0.3) is 0 Å². The lowest BCUT2D eigenvalue weighted by molar-refractivity contribution is 0.0508. The molecule has 1 atom stereocenters. The number of aryl methyl sites for hydroxylation is 1. The zero-order valence-corrected chi connectivity index (χ0v) is 10.9. The highest BCUT2D eigenvalue weighted by atomic mass is 16.5. The molecular weight excluding hydrogens is 214 g/mol. The molecule has 0 aromatic carbocycles. The van der Waals surface area contributed by atoms with Crippen LogP contribution in [-0.2, 0) is 4.74 Å². The summed E-state index contributed by atoms with van der Waals surface area (Å²) in [5.41, 5.74) is 3.10. The summed E-state index contributed by atoms with van der Waals surface area (Å²) in [5, 5.41) is 0. The number of aromatic nitrogens is 1. The van der Waals surface area contributed by atoms with Gasteiger partial charge in [-0.3, -0.25) is 4.79 Å². The fourth-order valence-corrected chi connectivity index (χ4v) is 2.96. The maximum absolute atomic E-state index is 11.0. The van der Waals surface area contributed by atoms with Crippen molar-refractivity contribution in [2.24, 2.45) is 5.92 Å². The van der Waals surface area contributed by atoms with Crippen LogP contribution in [0.15, 0.2) is 6.07 Å². The van der Waals surface area contributed by atoms with E-state index in [9.17, 15) is 4.79 Å². The molecule has 1 aromatic heterocycles. The molecule has 0 spiro atoms. The number of carbonyl (C=O) groups excluding carboxylic acids is 1. The number of ether oxygens (including phenoxy) is 1. The number of nitrogens with zero attached hydrogens (tertiary/aromatic N) is 1. The molecule has 3 nitrogen and oxygen atoms in total. The van der Waals surface area contributed by atoms with Crippen molar-refractivity contribution < 1.29 is 9.53 Å². The molecular formula is C14H21NO2. The first-order chi connectivity index (χ1) is 8.15. The number of hydrogen-bond acceptors (Lipinski definition) is 2. The van der Waals surface area contributed by atoms with Crippen molar-refractivity contribution in [3.8, 4) is 0 Å². The normalized spacial score (nSPS) is 19.2. The monoisotopic (exact) mass is 235 g/mol. The second-order valence-electron chi connectivity index (χ2n) is 5.00. The van der Waals surface area contributed by atoms with Crippen molar-refractivity contribution >= 4 is 6.29 Å². The molecule has 2 heterocycles. The van der Waals surface area contributed by atoms with Crippen LogP contribution in [-0.4, -0.2) is 24.1 Å². The quantitative estimate of drug-likeness (QED) is 0.754. The van der Waals surface area contributed by atoms with Gasteiger partial charge in [0.05, 0.1) is 0 Å². The number of carbonyl (C=O) groups is 1. The van der Waals surface area contributed by atoms with Crippen LogP contribution in [0, 0.1) is 19.8 Å². The lowest BCUT2D eigenvalue weighted by Gasteiger charge is -2.30. The Balaban J connectivity index is 2.26. The van der Waals surface area contributed by atoms with Gasteiger partial charge in [0.1, 0.15) is 0 Å². The Bertz CT molecular complexity index is 403. The zero-order chi connectivity index (χ0) is 12.4. The summed E-state index contributed by atoms with van der Waals surface area (Å²) >= 11 is 0. The lowest BCUT2D eigenvalue weighted by atomic mass is 9.92. The summed E-state index contributed by atoms with van der Waals surface area (Å²) in [4.78, 5) is 11.0. The smallest absolute Gasteiger partial charge is 0.151 e. The first-order valence-corrected chi connectivity index (χ1v) is 6.36. The van der Waals surface area contributed by atoms with Crippen molar-refractivity contribution in [1.29, 1.82) is 0 Å². The van der Waals surface area contributed by atoms with Gasteiger partial charge in [0.2, 0.25) is 0 Å². The summed E-state index contributed by atoms with van der Waals surface area (Å²) in [7, 11) is 0. The van der Waals surface area contributed by atoms with Crippen molar-refractivity contribution in [2.45, 2.75) is 39.7 Å². The third-order valence-electron chi connectivity index (χ3n) is 4.01.